The Labute approximate surface area is 191 Å². The van der Waals surface area contributed by atoms with Crippen molar-refractivity contribution in [2.24, 2.45) is 0 Å². The van der Waals surface area contributed by atoms with E-state index in [9.17, 15) is 4.79 Å². The predicted molar refractivity (Wildman–Crippen MR) is 134 cm³/mol. The van der Waals surface area contributed by atoms with Gasteiger partial charge in [-0.2, -0.15) is 0 Å². The van der Waals surface area contributed by atoms with E-state index in [1.165, 1.54) is 44.3 Å². The molecule has 2 fully saturated rings. The molecule has 31 heavy (non-hydrogen) atoms. The number of allylic oxidation sites excluding steroid dienone is 5. The largest absolute Gasteiger partial charge is 0.458 e. The van der Waals surface area contributed by atoms with Crippen molar-refractivity contribution in [2.45, 2.75) is 67.2 Å². The third-order valence-electron chi connectivity index (χ3n) is 4.58. The maximum Gasteiger partial charge on any atom is 0.219 e. The number of nitrogens with one attached hydrogen (secondary N) is 1. The van der Waals surface area contributed by atoms with E-state index >= 15 is 0 Å². The molecule has 0 aliphatic carbocycles. The molecule has 2 heterocycles. The van der Waals surface area contributed by atoms with Crippen LogP contribution in [-0.2, 0) is 4.79 Å². The highest BCUT2D eigenvalue weighted by atomic mass is 16.5. The Morgan fingerprint density at radius 2 is 1.68 bits per heavy atom. The summed E-state index contributed by atoms with van der Waals surface area (Å²) in [6.45, 7) is 16.1. The van der Waals surface area contributed by atoms with Crippen molar-refractivity contribution >= 4 is 5.91 Å². The quantitative estimate of drug-likeness (QED) is 0.443. The standard InChI is InChI=1S/C15H18O.C6H11NO.C4H9N.C2H6/c1-4-6-7-10-14(5-2)16-15-11-8-9-13(3)12-15;1-6(8)7-4-2-3-5-7;1-2-4-5-3-1;1-2/h4-12H,1-3H3;2-5H2,1H3;5H,1-4H2;1-2H3/b6-4-,10-7-,14-5+;;;. The molecule has 1 aromatic carbocycles. The maximum absolute atomic E-state index is 10.6. The molecular weight excluding hydrogens is 384 g/mol. The number of nitrogens with zero attached hydrogens (tertiary/aromatic N) is 1. The van der Waals surface area contributed by atoms with Crippen LogP contribution in [0.25, 0.3) is 0 Å². The number of likely N-dealkylation sites (tertiary alicyclic amines) is 1. The molecule has 2 aliphatic heterocycles. The van der Waals surface area contributed by atoms with Gasteiger partial charge in [-0.15, -0.1) is 0 Å². The second-order valence-electron chi connectivity index (χ2n) is 7.16. The number of hydrogen-bond donors (Lipinski definition) is 1. The summed E-state index contributed by atoms with van der Waals surface area (Å²) in [5, 5.41) is 3.22. The second kappa shape index (κ2) is 19.6. The van der Waals surface area contributed by atoms with Crippen molar-refractivity contribution in [3.05, 3.63) is 66.0 Å². The zero-order valence-corrected chi connectivity index (χ0v) is 20.6. The summed E-state index contributed by atoms with van der Waals surface area (Å²) in [7, 11) is 0. The van der Waals surface area contributed by atoms with Crippen LogP contribution in [0.4, 0.5) is 0 Å². The van der Waals surface area contributed by atoms with E-state index in [2.05, 4.69) is 18.3 Å². The molecule has 0 atom stereocenters. The lowest BCUT2D eigenvalue weighted by atomic mass is 10.2. The highest BCUT2D eigenvalue weighted by molar-refractivity contribution is 5.73. The van der Waals surface area contributed by atoms with Gasteiger partial charge in [0.05, 0.1) is 0 Å². The molecule has 0 bridgehead atoms. The normalized spacial score (nSPS) is 15.5. The monoisotopic (exact) mass is 428 g/mol. The average Bonchev–Trinajstić information content (AvgIpc) is 3.52. The number of benzene rings is 1. The fourth-order valence-corrected chi connectivity index (χ4v) is 2.92. The minimum atomic E-state index is 0.225. The molecule has 0 radical (unpaired) electrons. The molecule has 0 spiro atoms. The maximum atomic E-state index is 10.6. The molecule has 1 amide bonds. The topological polar surface area (TPSA) is 41.6 Å². The molecule has 4 heteroatoms. The van der Waals surface area contributed by atoms with Gasteiger partial charge in [0, 0.05) is 20.0 Å². The minimum Gasteiger partial charge on any atom is -0.458 e. The van der Waals surface area contributed by atoms with Crippen LogP contribution in [0, 0.1) is 6.92 Å². The first kappa shape index (κ1) is 28.7. The van der Waals surface area contributed by atoms with Crippen molar-refractivity contribution in [1.29, 1.82) is 0 Å². The lowest BCUT2D eigenvalue weighted by molar-refractivity contribution is -0.127. The molecule has 1 N–H and O–H groups in total. The van der Waals surface area contributed by atoms with Crippen LogP contribution in [0.1, 0.15) is 65.9 Å². The Bertz CT molecular complexity index is 660. The van der Waals surface area contributed by atoms with Gasteiger partial charge in [0.2, 0.25) is 5.91 Å². The molecule has 0 aromatic heterocycles. The van der Waals surface area contributed by atoms with Crippen LogP contribution in [-0.4, -0.2) is 37.0 Å². The molecule has 2 saturated heterocycles. The minimum absolute atomic E-state index is 0.225. The van der Waals surface area contributed by atoms with Crippen molar-refractivity contribution in [2.75, 3.05) is 26.2 Å². The van der Waals surface area contributed by atoms with Crippen molar-refractivity contribution in [3.8, 4) is 5.75 Å². The summed E-state index contributed by atoms with van der Waals surface area (Å²) in [5.74, 6) is 1.95. The number of carbonyl (C=O) groups is 1. The van der Waals surface area contributed by atoms with E-state index in [-0.39, 0.29) is 5.91 Å². The van der Waals surface area contributed by atoms with Crippen LogP contribution in [0.5, 0.6) is 5.75 Å². The van der Waals surface area contributed by atoms with Gasteiger partial charge in [-0.25, -0.2) is 0 Å². The molecule has 0 unspecified atom stereocenters. The van der Waals surface area contributed by atoms with E-state index in [0.717, 1.165) is 24.6 Å². The summed E-state index contributed by atoms with van der Waals surface area (Å²) in [6, 6.07) is 8.03. The molecule has 3 rings (SSSR count). The molecule has 4 nitrogen and oxygen atoms in total. The van der Waals surface area contributed by atoms with Gasteiger partial charge in [0.15, 0.2) is 0 Å². The molecule has 2 aliphatic rings. The van der Waals surface area contributed by atoms with Crippen molar-refractivity contribution in [3.63, 3.8) is 0 Å². The fourth-order valence-electron chi connectivity index (χ4n) is 2.92. The average molecular weight is 429 g/mol. The molecular formula is C27H44N2O2. The van der Waals surface area contributed by atoms with Crippen LogP contribution in [0.3, 0.4) is 0 Å². The first-order valence-electron chi connectivity index (χ1n) is 11.7. The summed E-state index contributed by atoms with van der Waals surface area (Å²) in [4.78, 5) is 12.5. The van der Waals surface area contributed by atoms with E-state index in [1.54, 1.807) is 6.92 Å². The number of ether oxygens (including phenoxy) is 1. The zero-order chi connectivity index (χ0) is 23.3. The Hall–Kier alpha value is -2.33. The summed E-state index contributed by atoms with van der Waals surface area (Å²) < 4.78 is 5.73. The van der Waals surface area contributed by atoms with Crippen LogP contribution >= 0.6 is 0 Å². The Morgan fingerprint density at radius 3 is 2.10 bits per heavy atom. The summed E-state index contributed by atoms with van der Waals surface area (Å²) in [6.07, 6.45) is 15.0. The Kier molecular flexibility index (Phi) is 18.1. The number of aryl methyl sites for hydroxylation is 1. The Morgan fingerprint density at radius 1 is 1.03 bits per heavy atom. The molecule has 0 saturated carbocycles. The van der Waals surface area contributed by atoms with E-state index in [0.29, 0.717) is 0 Å². The van der Waals surface area contributed by atoms with Gasteiger partial charge in [-0.3, -0.25) is 4.79 Å². The van der Waals surface area contributed by atoms with Gasteiger partial charge < -0.3 is 15.0 Å². The lowest BCUT2D eigenvalue weighted by Crippen LogP contribution is -2.24. The molecule has 174 valence electrons. The van der Waals surface area contributed by atoms with E-state index in [1.807, 2.05) is 81.2 Å². The first-order chi connectivity index (χ1) is 15.1. The summed E-state index contributed by atoms with van der Waals surface area (Å²) in [5.41, 5.74) is 1.20. The van der Waals surface area contributed by atoms with Crippen molar-refractivity contribution < 1.29 is 9.53 Å². The van der Waals surface area contributed by atoms with Gasteiger partial charge >= 0.3 is 0 Å². The van der Waals surface area contributed by atoms with Gasteiger partial charge in [0.1, 0.15) is 11.5 Å². The van der Waals surface area contributed by atoms with E-state index in [4.69, 9.17) is 4.74 Å². The number of hydrogen-bond acceptors (Lipinski definition) is 3. The molecule has 1 aromatic rings. The van der Waals surface area contributed by atoms with Gasteiger partial charge in [-0.05, 0) is 89.4 Å². The summed E-state index contributed by atoms with van der Waals surface area (Å²) >= 11 is 0. The number of rotatable bonds is 4. The number of amides is 1. The van der Waals surface area contributed by atoms with Gasteiger partial charge in [-0.1, -0.05) is 44.2 Å². The predicted octanol–water partition coefficient (Wildman–Crippen LogP) is 6.43. The van der Waals surface area contributed by atoms with Crippen LogP contribution < -0.4 is 10.1 Å². The third kappa shape index (κ3) is 15.2. The third-order valence-corrected chi connectivity index (χ3v) is 4.58. The fraction of sp³-hybridized carbons (Fsp3) is 0.519. The smallest absolute Gasteiger partial charge is 0.219 e. The van der Waals surface area contributed by atoms with E-state index < -0.39 is 0 Å². The second-order valence-corrected chi connectivity index (χ2v) is 7.16. The van der Waals surface area contributed by atoms with Gasteiger partial charge in [0.25, 0.3) is 0 Å². The number of carbonyl (C=O) groups excluding carboxylic acids is 1. The van der Waals surface area contributed by atoms with Crippen LogP contribution in [0.2, 0.25) is 0 Å². The lowest BCUT2D eigenvalue weighted by Gasteiger charge is -2.10. The Balaban J connectivity index is 0.000000492. The highest BCUT2D eigenvalue weighted by Gasteiger charge is 2.12. The zero-order valence-electron chi connectivity index (χ0n) is 20.6. The SMILES string of the molecule is C1CCNC1.CC.CC(=O)N1CCCC1.C\C=C/C=C\C(=C/C)Oc1cccc(C)c1. The van der Waals surface area contributed by atoms with Crippen LogP contribution in [0.15, 0.2) is 60.4 Å². The van der Waals surface area contributed by atoms with Crippen molar-refractivity contribution in [1.82, 2.24) is 10.2 Å². The first-order valence-corrected chi connectivity index (χ1v) is 11.7. The highest BCUT2D eigenvalue weighted by Crippen LogP contribution is 2.16.